The van der Waals surface area contributed by atoms with Crippen LogP contribution in [0.15, 0.2) is 30.3 Å². The van der Waals surface area contributed by atoms with Crippen molar-refractivity contribution in [2.75, 3.05) is 0 Å². The van der Waals surface area contributed by atoms with Gasteiger partial charge in [-0.15, -0.1) is 0 Å². The molecule has 2 aliphatic rings. The van der Waals surface area contributed by atoms with Gasteiger partial charge in [0.05, 0.1) is 12.7 Å². The standard InChI is InChI=1S/C27H36O13/c1-13(34-15(3)28)20-22(33-12-19-10-8-7-9-11-19)24(26(32)39-20)40-27-25(38-18(6)31)23(37-17(5)30)21(14(2)35-27)36-16(4)29/h7-11,13-14,20-27,32H,12H2,1-6H3/t13-,14-,20-,21+,22+,23+,24+,25+,26+,27-/m0/s1. The molecule has 0 saturated carbocycles. The Morgan fingerprint density at radius 1 is 0.800 bits per heavy atom. The quantitative estimate of drug-likeness (QED) is 0.316. The molecule has 0 radical (unpaired) electrons. The minimum atomic E-state index is -1.57. The average Bonchev–Trinajstić information content (AvgIpc) is 3.17. The predicted octanol–water partition coefficient (Wildman–Crippen LogP) is 1.17. The number of esters is 4. The first kappa shape index (κ1) is 31.4. The summed E-state index contributed by atoms with van der Waals surface area (Å²) in [4.78, 5) is 47.4. The molecule has 0 spiro atoms. The first-order valence-corrected chi connectivity index (χ1v) is 12.9. The Hall–Kier alpha value is -3.10. The number of carbonyl (C=O) groups is 4. The normalized spacial score (nSPS) is 32.5. The number of hydrogen-bond donors (Lipinski definition) is 1. The number of carbonyl (C=O) groups excluding carboxylic acids is 4. The van der Waals surface area contributed by atoms with E-state index in [1.807, 2.05) is 30.3 Å². The summed E-state index contributed by atoms with van der Waals surface area (Å²) in [5, 5.41) is 10.9. The number of aliphatic hydroxyl groups excluding tert-OH is 1. The molecular formula is C27H36O13. The Kier molecular flexibility index (Phi) is 11.0. The van der Waals surface area contributed by atoms with Crippen LogP contribution in [-0.4, -0.2) is 90.4 Å². The molecule has 1 N–H and O–H groups in total. The van der Waals surface area contributed by atoms with Crippen molar-refractivity contribution < 1.29 is 62.2 Å². The summed E-state index contributed by atoms with van der Waals surface area (Å²) < 4.78 is 45.3. The van der Waals surface area contributed by atoms with E-state index in [0.29, 0.717) is 0 Å². The number of aliphatic hydroxyl groups is 1. The highest BCUT2D eigenvalue weighted by molar-refractivity contribution is 5.68. The summed E-state index contributed by atoms with van der Waals surface area (Å²) >= 11 is 0. The molecule has 1 aromatic rings. The molecule has 2 saturated heterocycles. The van der Waals surface area contributed by atoms with Crippen LogP contribution < -0.4 is 0 Å². The molecule has 3 rings (SSSR count). The van der Waals surface area contributed by atoms with E-state index in [4.69, 9.17) is 37.9 Å². The van der Waals surface area contributed by atoms with Gasteiger partial charge in [0.1, 0.15) is 24.4 Å². The van der Waals surface area contributed by atoms with Gasteiger partial charge in [-0.1, -0.05) is 30.3 Å². The van der Waals surface area contributed by atoms with Gasteiger partial charge in [0, 0.05) is 27.7 Å². The minimum Gasteiger partial charge on any atom is -0.460 e. The highest BCUT2D eigenvalue weighted by atomic mass is 16.8. The molecular weight excluding hydrogens is 532 g/mol. The van der Waals surface area contributed by atoms with Crippen molar-refractivity contribution in [1.29, 1.82) is 0 Å². The summed E-state index contributed by atoms with van der Waals surface area (Å²) in [6.45, 7) is 7.94. The van der Waals surface area contributed by atoms with Crippen LogP contribution in [0.1, 0.15) is 47.1 Å². The van der Waals surface area contributed by atoms with Crippen molar-refractivity contribution in [2.45, 2.75) is 110 Å². The van der Waals surface area contributed by atoms with Crippen LogP contribution in [0, 0.1) is 0 Å². The Balaban J connectivity index is 1.92. The second-order valence-corrected chi connectivity index (χ2v) is 9.60. The van der Waals surface area contributed by atoms with Gasteiger partial charge in [0.15, 0.2) is 30.9 Å². The lowest BCUT2D eigenvalue weighted by Crippen LogP contribution is -2.62. The number of ether oxygens (including phenoxy) is 8. The van der Waals surface area contributed by atoms with Gasteiger partial charge in [-0.25, -0.2) is 0 Å². The Bertz CT molecular complexity index is 1030. The molecule has 2 fully saturated rings. The van der Waals surface area contributed by atoms with Crippen LogP contribution in [0.3, 0.4) is 0 Å². The molecule has 0 amide bonds. The van der Waals surface area contributed by atoms with Crippen LogP contribution in [0.25, 0.3) is 0 Å². The highest BCUT2D eigenvalue weighted by Crippen LogP contribution is 2.35. The third-order valence-electron chi connectivity index (χ3n) is 6.25. The largest absolute Gasteiger partial charge is 0.460 e. The van der Waals surface area contributed by atoms with Gasteiger partial charge in [0.2, 0.25) is 0 Å². The first-order valence-electron chi connectivity index (χ1n) is 12.9. The topological polar surface area (TPSA) is 162 Å². The maximum atomic E-state index is 12.0. The van der Waals surface area contributed by atoms with Crippen molar-refractivity contribution in [3.63, 3.8) is 0 Å². The molecule has 13 nitrogen and oxygen atoms in total. The number of rotatable bonds is 10. The fraction of sp³-hybridized carbons (Fsp3) is 0.630. The molecule has 0 aliphatic carbocycles. The fourth-order valence-electron chi connectivity index (χ4n) is 4.71. The Morgan fingerprint density at radius 3 is 1.95 bits per heavy atom. The van der Waals surface area contributed by atoms with E-state index in [-0.39, 0.29) is 6.61 Å². The molecule has 10 atom stereocenters. The second-order valence-electron chi connectivity index (χ2n) is 9.60. The zero-order chi connectivity index (χ0) is 29.6. The predicted molar refractivity (Wildman–Crippen MR) is 133 cm³/mol. The van der Waals surface area contributed by atoms with Crippen LogP contribution >= 0.6 is 0 Å². The van der Waals surface area contributed by atoms with Crippen molar-refractivity contribution in [3.8, 4) is 0 Å². The first-order chi connectivity index (χ1) is 18.9. The zero-order valence-corrected chi connectivity index (χ0v) is 23.2. The fourth-order valence-corrected chi connectivity index (χ4v) is 4.71. The molecule has 1 aromatic carbocycles. The SMILES string of the molecule is CC(=O)O[C@H]1[C@@H](OC(C)=O)[C@H](O[C@@H]2[C@H](OCc3ccccc3)[C@H]([C@H](C)OC(C)=O)O[C@H]2O)O[C@@H](C)[C@H]1OC(C)=O. The maximum absolute atomic E-state index is 12.0. The van der Waals surface area contributed by atoms with E-state index in [1.54, 1.807) is 13.8 Å². The van der Waals surface area contributed by atoms with Gasteiger partial charge in [-0.2, -0.15) is 0 Å². The Labute approximate surface area is 231 Å². The molecule has 13 heteroatoms. The van der Waals surface area contributed by atoms with Crippen LogP contribution in [-0.2, 0) is 63.7 Å². The van der Waals surface area contributed by atoms with Gasteiger partial charge in [-0.05, 0) is 19.4 Å². The third kappa shape index (κ3) is 8.21. The lowest BCUT2D eigenvalue weighted by molar-refractivity contribution is -0.323. The minimum absolute atomic E-state index is 0.102. The van der Waals surface area contributed by atoms with Gasteiger partial charge < -0.3 is 43.0 Å². The van der Waals surface area contributed by atoms with Crippen molar-refractivity contribution >= 4 is 23.9 Å². The number of benzene rings is 1. The van der Waals surface area contributed by atoms with Crippen molar-refractivity contribution in [2.24, 2.45) is 0 Å². The van der Waals surface area contributed by atoms with Crippen LogP contribution in [0.5, 0.6) is 0 Å². The molecule has 222 valence electrons. The molecule has 40 heavy (non-hydrogen) atoms. The van der Waals surface area contributed by atoms with E-state index in [9.17, 15) is 24.3 Å². The molecule has 2 heterocycles. The summed E-state index contributed by atoms with van der Waals surface area (Å²) in [7, 11) is 0. The molecule has 0 bridgehead atoms. The van der Waals surface area contributed by atoms with E-state index in [2.05, 4.69) is 0 Å². The lowest BCUT2D eigenvalue weighted by atomic mass is 9.98. The van der Waals surface area contributed by atoms with E-state index < -0.39 is 85.3 Å². The monoisotopic (exact) mass is 568 g/mol. The summed E-state index contributed by atoms with van der Waals surface area (Å²) in [6, 6.07) is 9.20. The lowest BCUT2D eigenvalue weighted by Gasteiger charge is -2.44. The average molecular weight is 569 g/mol. The Morgan fingerprint density at radius 2 is 1.38 bits per heavy atom. The molecule has 0 unspecified atom stereocenters. The maximum Gasteiger partial charge on any atom is 0.303 e. The van der Waals surface area contributed by atoms with Crippen molar-refractivity contribution in [3.05, 3.63) is 35.9 Å². The van der Waals surface area contributed by atoms with E-state index in [0.717, 1.165) is 19.4 Å². The van der Waals surface area contributed by atoms with Gasteiger partial charge in [-0.3, -0.25) is 19.2 Å². The third-order valence-corrected chi connectivity index (χ3v) is 6.25. The second kappa shape index (κ2) is 14.0. The summed E-state index contributed by atoms with van der Waals surface area (Å²) in [6.07, 6.45) is -11.7. The summed E-state index contributed by atoms with van der Waals surface area (Å²) in [5.41, 5.74) is 0.820. The number of hydrogen-bond acceptors (Lipinski definition) is 13. The highest BCUT2D eigenvalue weighted by Gasteiger charge is 2.55. The van der Waals surface area contributed by atoms with Gasteiger partial charge in [0.25, 0.3) is 0 Å². The zero-order valence-electron chi connectivity index (χ0n) is 23.2. The van der Waals surface area contributed by atoms with Crippen LogP contribution in [0.2, 0.25) is 0 Å². The summed E-state index contributed by atoms with van der Waals surface area (Å²) in [5.74, 6) is -2.71. The van der Waals surface area contributed by atoms with E-state index >= 15 is 0 Å². The smallest absolute Gasteiger partial charge is 0.303 e. The molecule has 2 aliphatic heterocycles. The molecule has 0 aromatic heterocycles. The van der Waals surface area contributed by atoms with E-state index in [1.165, 1.54) is 13.8 Å². The van der Waals surface area contributed by atoms with Gasteiger partial charge >= 0.3 is 23.9 Å². The van der Waals surface area contributed by atoms with Crippen molar-refractivity contribution in [1.82, 2.24) is 0 Å². The van der Waals surface area contributed by atoms with Crippen LogP contribution in [0.4, 0.5) is 0 Å².